The Kier molecular flexibility index (Phi) is 4.27. The van der Waals surface area contributed by atoms with E-state index in [2.05, 4.69) is 0 Å². The summed E-state index contributed by atoms with van der Waals surface area (Å²) in [6.07, 6.45) is 0.276. The molecule has 100 valence electrons. The van der Waals surface area contributed by atoms with E-state index in [0.717, 1.165) is 11.1 Å². The van der Waals surface area contributed by atoms with Gasteiger partial charge in [-0.05, 0) is 37.6 Å². The first-order chi connectivity index (χ1) is 9.11. The fourth-order valence-corrected chi connectivity index (χ4v) is 2.15. The van der Waals surface area contributed by atoms with Crippen LogP contribution in [-0.4, -0.2) is 6.54 Å². The Bertz CT molecular complexity index is 529. The second kappa shape index (κ2) is 5.93. The predicted molar refractivity (Wildman–Crippen MR) is 73.0 cm³/mol. The number of hydrogen-bond donors (Lipinski definition) is 1. The van der Waals surface area contributed by atoms with E-state index in [1.165, 1.54) is 18.2 Å². The van der Waals surface area contributed by atoms with Crippen LogP contribution in [0, 0.1) is 18.6 Å². The molecule has 3 heteroatoms. The number of benzene rings is 2. The molecular formula is C16H17F2N. The van der Waals surface area contributed by atoms with E-state index in [1.54, 1.807) is 0 Å². The van der Waals surface area contributed by atoms with Crippen molar-refractivity contribution in [3.05, 3.63) is 70.8 Å². The summed E-state index contributed by atoms with van der Waals surface area (Å²) in [5.74, 6) is -1.09. The van der Waals surface area contributed by atoms with Crippen LogP contribution in [0.4, 0.5) is 8.78 Å². The van der Waals surface area contributed by atoms with E-state index in [4.69, 9.17) is 5.73 Å². The molecule has 1 unspecified atom stereocenters. The Balaban J connectivity index is 2.26. The number of hydrogen-bond acceptors (Lipinski definition) is 1. The van der Waals surface area contributed by atoms with Crippen molar-refractivity contribution in [3.8, 4) is 0 Å². The Morgan fingerprint density at radius 2 is 1.58 bits per heavy atom. The third kappa shape index (κ3) is 3.18. The van der Waals surface area contributed by atoms with Crippen molar-refractivity contribution in [2.24, 2.45) is 5.73 Å². The first-order valence-electron chi connectivity index (χ1n) is 6.31. The Morgan fingerprint density at radius 1 is 1.00 bits per heavy atom. The summed E-state index contributed by atoms with van der Waals surface area (Å²) in [6, 6.07) is 11.8. The molecule has 19 heavy (non-hydrogen) atoms. The molecule has 1 nitrogen and oxygen atoms in total. The summed E-state index contributed by atoms with van der Waals surface area (Å²) in [6.45, 7) is 2.36. The van der Waals surface area contributed by atoms with E-state index in [0.29, 0.717) is 6.54 Å². The first-order valence-corrected chi connectivity index (χ1v) is 6.31. The molecular weight excluding hydrogens is 244 g/mol. The maximum atomic E-state index is 13.6. The van der Waals surface area contributed by atoms with Crippen LogP contribution in [0.3, 0.4) is 0 Å². The third-order valence-corrected chi connectivity index (χ3v) is 3.35. The molecule has 0 aliphatic rings. The number of aryl methyl sites for hydroxylation is 1. The summed E-state index contributed by atoms with van der Waals surface area (Å²) < 4.78 is 27.3. The number of rotatable bonds is 4. The molecule has 2 N–H and O–H groups in total. The van der Waals surface area contributed by atoms with Crippen molar-refractivity contribution in [3.63, 3.8) is 0 Å². The molecule has 2 rings (SSSR count). The van der Waals surface area contributed by atoms with Gasteiger partial charge < -0.3 is 5.73 Å². The van der Waals surface area contributed by atoms with Crippen molar-refractivity contribution in [1.82, 2.24) is 0 Å². The molecule has 0 radical (unpaired) electrons. The van der Waals surface area contributed by atoms with Crippen LogP contribution in [0.5, 0.6) is 0 Å². The molecule has 0 saturated heterocycles. The second-order valence-electron chi connectivity index (χ2n) is 4.75. The van der Waals surface area contributed by atoms with E-state index in [1.807, 2.05) is 31.2 Å². The van der Waals surface area contributed by atoms with E-state index < -0.39 is 11.6 Å². The lowest BCUT2D eigenvalue weighted by atomic mass is 9.91. The average Bonchev–Trinajstić information content (AvgIpc) is 2.40. The SMILES string of the molecule is Cc1ccc(C(CN)Cc2c(F)cccc2F)cc1. The zero-order chi connectivity index (χ0) is 13.8. The molecule has 0 aliphatic carbocycles. The van der Waals surface area contributed by atoms with Crippen LogP contribution in [0.25, 0.3) is 0 Å². The second-order valence-corrected chi connectivity index (χ2v) is 4.75. The standard InChI is InChI=1S/C16H17F2N/c1-11-5-7-12(8-6-11)13(10-19)9-14-15(17)3-2-4-16(14)18/h2-8,13H,9-10,19H2,1H3. The lowest BCUT2D eigenvalue weighted by molar-refractivity contribution is 0.538. The van der Waals surface area contributed by atoms with Gasteiger partial charge in [-0.1, -0.05) is 35.9 Å². The lowest BCUT2D eigenvalue weighted by Crippen LogP contribution is -2.16. The quantitative estimate of drug-likeness (QED) is 0.894. The van der Waals surface area contributed by atoms with Gasteiger partial charge >= 0.3 is 0 Å². The maximum Gasteiger partial charge on any atom is 0.129 e. The maximum absolute atomic E-state index is 13.6. The van der Waals surface area contributed by atoms with Gasteiger partial charge in [0.05, 0.1) is 0 Å². The highest BCUT2D eigenvalue weighted by Gasteiger charge is 2.16. The van der Waals surface area contributed by atoms with Crippen LogP contribution in [0.2, 0.25) is 0 Å². The minimum absolute atomic E-state index is 0.0769. The predicted octanol–water partition coefficient (Wildman–Crippen LogP) is 3.56. The van der Waals surface area contributed by atoms with Gasteiger partial charge in [0.25, 0.3) is 0 Å². The molecule has 2 aromatic rings. The topological polar surface area (TPSA) is 26.0 Å². The van der Waals surface area contributed by atoms with Crippen LogP contribution in [0.15, 0.2) is 42.5 Å². The van der Waals surface area contributed by atoms with Gasteiger partial charge in [0.2, 0.25) is 0 Å². The average molecular weight is 261 g/mol. The smallest absolute Gasteiger partial charge is 0.129 e. The Morgan fingerprint density at radius 3 is 2.11 bits per heavy atom. The largest absolute Gasteiger partial charge is 0.330 e. The third-order valence-electron chi connectivity index (χ3n) is 3.35. The molecule has 0 heterocycles. The molecule has 1 atom stereocenters. The molecule has 0 aromatic heterocycles. The summed E-state index contributed by atoms with van der Waals surface area (Å²) in [7, 11) is 0. The molecule has 0 amide bonds. The van der Waals surface area contributed by atoms with Crippen molar-refractivity contribution >= 4 is 0 Å². The van der Waals surface area contributed by atoms with Crippen LogP contribution in [0.1, 0.15) is 22.6 Å². The van der Waals surface area contributed by atoms with E-state index in [-0.39, 0.29) is 17.9 Å². The molecule has 0 bridgehead atoms. The molecule has 0 saturated carbocycles. The van der Waals surface area contributed by atoms with E-state index in [9.17, 15) is 8.78 Å². The summed E-state index contributed by atoms with van der Waals surface area (Å²) >= 11 is 0. The Hall–Kier alpha value is -1.74. The number of nitrogens with two attached hydrogens (primary N) is 1. The zero-order valence-corrected chi connectivity index (χ0v) is 10.9. The summed E-state index contributed by atoms with van der Waals surface area (Å²) in [5, 5.41) is 0. The van der Waals surface area contributed by atoms with Crippen molar-refractivity contribution in [1.29, 1.82) is 0 Å². The monoisotopic (exact) mass is 261 g/mol. The highest BCUT2D eigenvalue weighted by molar-refractivity contribution is 5.28. The van der Waals surface area contributed by atoms with Crippen LogP contribution >= 0.6 is 0 Å². The van der Waals surface area contributed by atoms with Gasteiger partial charge in [0.1, 0.15) is 11.6 Å². The van der Waals surface area contributed by atoms with Gasteiger partial charge in [-0.15, -0.1) is 0 Å². The van der Waals surface area contributed by atoms with Crippen molar-refractivity contribution in [2.75, 3.05) is 6.54 Å². The molecule has 0 aliphatic heterocycles. The highest BCUT2D eigenvalue weighted by Crippen LogP contribution is 2.23. The van der Waals surface area contributed by atoms with Gasteiger partial charge in [-0.25, -0.2) is 8.78 Å². The zero-order valence-electron chi connectivity index (χ0n) is 10.9. The van der Waals surface area contributed by atoms with Crippen LogP contribution < -0.4 is 5.73 Å². The van der Waals surface area contributed by atoms with Gasteiger partial charge in [-0.3, -0.25) is 0 Å². The van der Waals surface area contributed by atoms with Crippen molar-refractivity contribution in [2.45, 2.75) is 19.3 Å². The fourth-order valence-electron chi connectivity index (χ4n) is 2.15. The summed E-state index contributed by atoms with van der Waals surface area (Å²) in [5.41, 5.74) is 8.02. The molecule has 2 aromatic carbocycles. The van der Waals surface area contributed by atoms with Gasteiger partial charge in [0, 0.05) is 11.5 Å². The number of halogens is 2. The molecule has 0 spiro atoms. The minimum atomic E-state index is -0.509. The van der Waals surface area contributed by atoms with Gasteiger partial charge in [0.15, 0.2) is 0 Å². The fraction of sp³-hybridized carbons (Fsp3) is 0.250. The normalized spacial score (nSPS) is 12.4. The minimum Gasteiger partial charge on any atom is -0.330 e. The van der Waals surface area contributed by atoms with Crippen LogP contribution in [-0.2, 0) is 6.42 Å². The first kappa shape index (κ1) is 13.7. The molecule has 0 fully saturated rings. The Labute approximate surface area is 112 Å². The highest BCUT2D eigenvalue weighted by atomic mass is 19.1. The van der Waals surface area contributed by atoms with Gasteiger partial charge in [-0.2, -0.15) is 0 Å². The van der Waals surface area contributed by atoms with E-state index >= 15 is 0 Å². The lowest BCUT2D eigenvalue weighted by Gasteiger charge is -2.16. The van der Waals surface area contributed by atoms with Crippen molar-refractivity contribution < 1.29 is 8.78 Å². The summed E-state index contributed by atoms with van der Waals surface area (Å²) in [4.78, 5) is 0.